The molecule has 4 heterocycles. The first-order valence-corrected chi connectivity index (χ1v) is 17.9. The molecule has 0 atom stereocenters. The van der Waals surface area contributed by atoms with Crippen molar-refractivity contribution in [2.45, 2.75) is 0 Å². The first-order valence-electron chi connectivity index (χ1n) is 15.7. The van der Waals surface area contributed by atoms with Crippen LogP contribution in [0.25, 0.3) is 61.4 Å². The molecule has 0 bridgehead atoms. The lowest BCUT2D eigenvalue weighted by Gasteiger charge is -2.08. The third-order valence-electron chi connectivity index (χ3n) is 8.48. The summed E-state index contributed by atoms with van der Waals surface area (Å²) < 4.78 is 20.6. The number of para-hydroxylation sites is 8. The average Bonchev–Trinajstić information content (AvgIpc) is 3.89. The fraction of sp³-hybridized carbons (Fsp3) is 0. The van der Waals surface area contributed by atoms with Crippen molar-refractivity contribution >= 4 is 101 Å². The van der Waals surface area contributed by atoms with Crippen LogP contribution < -0.4 is 0 Å². The Morgan fingerprint density at radius 1 is 0.549 bits per heavy atom. The number of nitrogens with zero attached hydrogens (tertiary/aromatic N) is 7. The highest BCUT2D eigenvalue weighted by atomic mass is 127. The van der Waals surface area contributed by atoms with Crippen molar-refractivity contribution in [3.8, 4) is 17.8 Å². The normalized spacial score (nSPS) is 11.0. The Balaban J connectivity index is 0.000000123. The minimum atomic E-state index is -0.450. The van der Waals surface area contributed by atoms with Crippen LogP contribution in [0.5, 0.6) is 0 Å². The second-order valence-corrected chi connectivity index (χ2v) is 13.7. The van der Waals surface area contributed by atoms with Crippen LogP contribution in [0.4, 0.5) is 4.39 Å². The number of H-pyrrole nitrogens is 1. The summed E-state index contributed by atoms with van der Waals surface area (Å²) in [7, 11) is 0. The zero-order valence-corrected chi connectivity index (χ0v) is 30.8. The number of hydrogen-bond acceptors (Lipinski definition) is 4. The molecule has 51 heavy (non-hydrogen) atoms. The first-order chi connectivity index (χ1) is 25.0. The molecule has 244 valence electrons. The average molecular weight is 888 g/mol. The van der Waals surface area contributed by atoms with Crippen molar-refractivity contribution in [2.24, 2.45) is 0 Å². The molecular formula is C40H23FI2N8. The number of nitriles is 2. The number of benzene rings is 6. The number of hydrogen-bond donors (Lipinski definition) is 1. The van der Waals surface area contributed by atoms with E-state index in [1.807, 2.05) is 101 Å². The number of rotatable bonds is 1. The monoisotopic (exact) mass is 888 g/mol. The fourth-order valence-corrected chi connectivity index (χ4v) is 7.44. The number of imidazole rings is 4. The molecule has 0 unspecified atom stereocenters. The molecule has 8 nitrogen and oxygen atoms in total. The minimum absolute atomic E-state index is 0.128. The predicted octanol–water partition coefficient (Wildman–Crippen LogP) is 10.2. The van der Waals surface area contributed by atoms with Crippen molar-refractivity contribution < 1.29 is 4.39 Å². The summed E-state index contributed by atoms with van der Waals surface area (Å²) in [5, 5.41) is 18.1. The van der Waals surface area contributed by atoms with Crippen LogP contribution in [0, 0.1) is 35.6 Å². The molecule has 6 aromatic carbocycles. The lowest BCUT2D eigenvalue weighted by Crippen LogP contribution is -2.00. The molecule has 10 aromatic rings. The van der Waals surface area contributed by atoms with E-state index in [1.165, 1.54) is 11.6 Å². The molecule has 11 heteroatoms. The van der Waals surface area contributed by atoms with Crippen molar-refractivity contribution in [3.63, 3.8) is 0 Å². The predicted molar refractivity (Wildman–Crippen MR) is 215 cm³/mol. The lowest BCUT2D eigenvalue weighted by molar-refractivity contribution is 0.623. The topological polar surface area (TPSA) is 103 Å². The molecule has 0 saturated carbocycles. The van der Waals surface area contributed by atoms with Gasteiger partial charge in [-0.15, -0.1) is 0 Å². The van der Waals surface area contributed by atoms with Gasteiger partial charge in [-0.25, -0.2) is 14.4 Å². The molecule has 10 rings (SSSR count). The maximum absolute atomic E-state index is 12.6. The van der Waals surface area contributed by atoms with E-state index in [9.17, 15) is 9.65 Å². The molecule has 0 aliphatic heterocycles. The summed E-state index contributed by atoms with van der Waals surface area (Å²) >= 11 is 4.13. The van der Waals surface area contributed by atoms with E-state index >= 15 is 0 Å². The molecule has 0 fully saturated rings. The second kappa shape index (κ2) is 13.5. The maximum Gasteiger partial charge on any atom is 0.220 e. The SMILES string of the molecule is N#Cc1c(F)cccc1I.N#Cc1c(I)cccc1-n1c2ccccc2n2c3ccccc3nc12.c1ccc2c(c1)nc1[nH]c3ccccc3n12. The number of aromatic nitrogens is 6. The zero-order valence-electron chi connectivity index (χ0n) is 26.5. The van der Waals surface area contributed by atoms with Gasteiger partial charge in [0.2, 0.25) is 11.6 Å². The minimum Gasteiger partial charge on any atom is -0.323 e. The van der Waals surface area contributed by atoms with E-state index in [-0.39, 0.29) is 5.56 Å². The molecule has 0 aliphatic carbocycles. The molecule has 0 amide bonds. The Bertz CT molecular complexity index is 2930. The molecule has 0 spiro atoms. The highest BCUT2D eigenvalue weighted by Gasteiger charge is 2.19. The Hall–Kier alpha value is -5.77. The zero-order chi connectivity index (χ0) is 35.1. The van der Waals surface area contributed by atoms with Gasteiger partial charge in [0.05, 0.1) is 55.4 Å². The molecular weight excluding hydrogens is 865 g/mol. The van der Waals surface area contributed by atoms with Crippen LogP contribution in [-0.2, 0) is 0 Å². The summed E-state index contributed by atoms with van der Waals surface area (Å²) in [5.41, 5.74) is 10.2. The van der Waals surface area contributed by atoms with Crippen molar-refractivity contribution in [3.05, 3.63) is 158 Å². The van der Waals surface area contributed by atoms with Crippen molar-refractivity contribution in [1.82, 2.24) is 28.3 Å². The Morgan fingerprint density at radius 2 is 1.10 bits per heavy atom. The number of nitrogens with one attached hydrogen (secondary N) is 1. The van der Waals surface area contributed by atoms with Gasteiger partial charge < -0.3 is 4.98 Å². The van der Waals surface area contributed by atoms with Gasteiger partial charge >= 0.3 is 0 Å². The summed E-state index contributed by atoms with van der Waals surface area (Å²) in [6.07, 6.45) is 0. The van der Waals surface area contributed by atoms with E-state index in [4.69, 9.17) is 10.2 Å². The van der Waals surface area contributed by atoms with Gasteiger partial charge in [0.25, 0.3) is 0 Å². The van der Waals surface area contributed by atoms with Gasteiger partial charge in [-0.1, -0.05) is 60.7 Å². The van der Waals surface area contributed by atoms with E-state index in [1.54, 1.807) is 18.2 Å². The van der Waals surface area contributed by atoms with E-state index in [0.717, 1.165) is 59.4 Å². The van der Waals surface area contributed by atoms with Crippen LogP contribution in [0.1, 0.15) is 11.1 Å². The third-order valence-corrected chi connectivity index (χ3v) is 10.3. The van der Waals surface area contributed by atoms with Crippen LogP contribution in [-0.4, -0.2) is 28.3 Å². The number of halogens is 3. The summed E-state index contributed by atoms with van der Waals surface area (Å²) in [5.74, 6) is 1.28. The summed E-state index contributed by atoms with van der Waals surface area (Å²) in [6.45, 7) is 0. The first kappa shape index (κ1) is 32.4. The fourth-order valence-electron chi connectivity index (χ4n) is 6.25. The molecule has 0 saturated heterocycles. The van der Waals surface area contributed by atoms with E-state index in [0.29, 0.717) is 9.13 Å². The van der Waals surface area contributed by atoms with Crippen LogP contribution in [0.2, 0.25) is 0 Å². The summed E-state index contributed by atoms with van der Waals surface area (Å²) in [4.78, 5) is 12.7. The maximum atomic E-state index is 12.6. The van der Waals surface area contributed by atoms with Gasteiger partial charge in [0, 0.05) is 7.14 Å². The van der Waals surface area contributed by atoms with Crippen molar-refractivity contribution in [2.75, 3.05) is 0 Å². The van der Waals surface area contributed by atoms with Gasteiger partial charge in [-0.05, 0) is 118 Å². The van der Waals surface area contributed by atoms with E-state index < -0.39 is 5.82 Å². The van der Waals surface area contributed by atoms with E-state index in [2.05, 4.69) is 88.4 Å². The lowest BCUT2D eigenvalue weighted by atomic mass is 10.2. The third kappa shape index (κ3) is 5.64. The quantitative estimate of drug-likeness (QED) is 0.166. The molecule has 0 aliphatic rings. The highest BCUT2D eigenvalue weighted by Crippen LogP contribution is 2.31. The van der Waals surface area contributed by atoms with Crippen LogP contribution >= 0.6 is 45.2 Å². The summed E-state index contributed by atoms with van der Waals surface area (Å²) in [6, 6.07) is 47.3. The van der Waals surface area contributed by atoms with Gasteiger partial charge in [-0.3, -0.25) is 13.4 Å². The molecule has 1 N–H and O–H groups in total. The van der Waals surface area contributed by atoms with Gasteiger partial charge in [-0.2, -0.15) is 10.5 Å². The highest BCUT2D eigenvalue weighted by molar-refractivity contribution is 14.1. The smallest absolute Gasteiger partial charge is 0.220 e. The number of fused-ring (bicyclic) bond motifs is 10. The Morgan fingerprint density at radius 3 is 1.76 bits per heavy atom. The Kier molecular flexibility index (Phi) is 8.59. The number of aromatic amines is 1. The van der Waals surface area contributed by atoms with Gasteiger partial charge in [0.1, 0.15) is 23.5 Å². The standard InChI is InChI=1S/C20H11IN4.C13H9N3.C7H3FIN/c21-14-6-5-11-16(13(14)12-22)24-18-9-3-4-10-19(18)25-17-8-2-1-7-15(17)23-20(24)25;1-3-7-11-9(5-1)14-13-15-10-6-2-4-8-12(10)16(11)13;8-6-2-1-3-7(9)5(6)4-10/h1-11H;1-8H,(H,14,15);1-3H. The Labute approximate surface area is 317 Å². The second-order valence-electron chi connectivity index (χ2n) is 11.4. The molecule has 4 aromatic heterocycles. The molecule has 0 radical (unpaired) electrons. The van der Waals surface area contributed by atoms with Crippen molar-refractivity contribution in [1.29, 1.82) is 10.5 Å². The largest absolute Gasteiger partial charge is 0.323 e. The van der Waals surface area contributed by atoms with Crippen LogP contribution in [0.3, 0.4) is 0 Å². The van der Waals surface area contributed by atoms with Crippen LogP contribution in [0.15, 0.2) is 133 Å². The van der Waals surface area contributed by atoms with Gasteiger partial charge in [0.15, 0.2) is 0 Å².